The van der Waals surface area contributed by atoms with E-state index in [2.05, 4.69) is 33.2 Å². The summed E-state index contributed by atoms with van der Waals surface area (Å²) in [5.41, 5.74) is 11.2. The second-order valence-corrected chi connectivity index (χ2v) is 10.7. The third-order valence-electron chi connectivity index (χ3n) is 5.95. The van der Waals surface area contributed by atoms with E-state index in [1.807, 2.05) is 55.7 Å². The zero-order valence-electron chi connectivity index (χ0n) is 21.6. The highest BCUT2D eigenvalue weighted by Gasteiger charge is 2.28. The highest BCUT2D eigenvalue weighted by atomic mass is 79.9. The minimum absolute atomic E-state index is 0.358. The van der Waals surface area contributed by atoms with E-state index in [1.54, 1.807) is 19.5 Å². The summed E-state index contributed by atoms with van der Waals surface area (Å²) in [7, 11) is 0. The maximum absolute atomic E-state index is 12.7. The molecule has 1 aliphatic heterocycles. The SMILES string of the molecule is CCCc1nc(C)c(C(N)=O)n1Cc1c2ccocc-2c(Br)c1-c1ccccc1NC(=O)OC(C)(C)C. The van der Waals surface area contributed by atoms with Crippen LogP contribution in [0.25, 0.3) is 22.3 Å². The van der Waals surface area contributed by atoms with E-state index < -0.39 is 17.6 Å². The van der Waals surface area contributed by atoms with Crippen molar-refractivity contribution in [3.63, 3.8) is 0 Å². The van der Waals surface area contributed by atoms with Gasteiger partial charge in [-0.2, -0.15) is 0 Å². The average molecular weight is 567 g/mol. The summed E-state index contributed by atoms with van der Waals surface area (Å²) in [5.74, 6) is 0.275. The lowest BCUT2D eigenvalue weighted by Crippen LogP contribution is -2.27. The molecule has 0 radical (unpaired) electrons. The number of aryl methyl sites for hydroxylation is 2. The third kappa shape index (κ3) is 5.41. The summed E-state index contributed by atoms with van der Waals surface area (Å²) in [6.07, 6.45) is 4.32. The molecule has 0 saturated heterocycles. The van der Waals surface area contributed by atoms with Crippen LogP contribution in [0.4, 0.5) is 10.5 Å². The number of nitrogens with one attached hydrogen (secondary N) is 1. The van der Waals surface area contributed by atoms with Gasteiger partial charge in [-0.3, -0.25) is 10.1 Å². The van der Waals surface area contributed by atoms with Crippen molar-refractivity contribution in [2.45, 2.75) is 59.6 Å². The first-order chi connectivity index (χ1) is 17.5. The van der Waals surface area contributed by atoms with Crippen molar-refractivity contribution < 1.29 is 18.7 Å². The van der Waals surface area contributed by atoms with E-state index in [-0.39, 0.29) is 0 Å². The quantitative estimate of drug-likeness (QED) is 0.256. The first kappa shape index (κ1) is 26.5. The highest BCUT2D eigenvalue weighted by molar-refractivity contribution is 9.10. The topological polar surface area (TPSA) is 112 Å². The van der Waals surface area contributed by atoms with Crippen LogP contribution in [-0.2, 0) is 17.7 Å². The van der Waals surface area contributed by atoms with Gasteiger partial charge < -0.3 is 19.5 Å². The Morgan fingerprint density at radius 2 is 1.89 bits per heavy atom. The fourth-order valence-corrected chi connectivity index (χ4v) is 5.32. The van der Waals surface area contributed by atoms with Gasteiger partial charge in [-0.15, -0.1) is 0 Å². The first-order valence-corrected chi connectivity index (χ1v) is 12.9. The number of anilines is 1. The molecule has 0 saturated carbocycles. The van der Waals surface area contributed by atoms with Gasteiger partial charge in [0, 0.05) is 27.6 Å². The zero-order valence-corrected chi connectivity index (χ0v) is 23.2. The Balaban J connectivity index is 1.91. The molecule has 2 aliphatic rings. The lowest BCUT2D eigenvalue weighted by Gasteiger charge is -2.21. The second kappa shape index (κ2) is 10.4. The Bertz CT molecular complexity index is 1430. The number of rotatable bonds is 7. The molecular weight excluding hydrogens is 536 g/mol. The average Bonchev–Trinajstić information content (AvgIpc) is 3.27. The molecule has 2 aromatic rings. The van der Waals surface area contributed by atoms with Gasteiger partial charge in [0.2, 0.25) is 0 Å². The summed E-state index contributed by atoms with van der Waals surface area (Å²) in [6.45, 7) is 9.68. The number of primary amides is 1. The Morgan fingerprint density at radius 3 is 2.57 bits per heavy atom. The number of carbonyl (C=O) groups is 2. The molecule has 9 heteroatoms. The van der Waals surface area contributed by atoms with Crippen LogP contribution in [0.5, 0.6) is 0 Å². The number of hydrogen-bond acceptors (Lipinski definition) is 5. The van der Waals surface area contributed by atoms with Crippen LogP contribution in [0.3, 0.4) is 0 Å². The van der Waals surface area contributed by atoms with E-state index >= 15 is 0 Å². The molecule has 4 rings (SSSR count). The van der Waals surface area contributed by atoms with Gasteiger partial charge in [0.25, 0.3) is 5.91 Å². The van der Waals surface area contributed by atoms with Crippen LogP contribution in [0.2, 0.25) is 0 Å². The van der Waals surface area contributed by atoms with E-state index in [1.165, 1.54) is 0 Å². The normalized spacial score (nSPS) is 11.6. The molecule has 3 N–H and O–H groups in total. The maximum atomic E-state index is 12.7. The van der Waals surface area contributed by atoms with Gasteiger partial charge in [0.05, 0.1) is 30.5 Å². The monoisotopic (exact) mass is 566 g/mol. The standard InChI is InChI=1S/C28H31BrN4O4/c1-6-9-22-31-16(2)25(26(30)34)33(22)14-19-17-12-13-36-15-20(17)24(29)23(19)18-10-7-8-11-21(18)32-27(35)37-28(3,4)5/h7-8,10-13,15H,6,9,14H2,1-5H3,(H2,30,34)(H,32,35). The molecule has 2 amide bonds. The van der Waals surface area contributed by atoms with Crippen molar-refractivity contribution in [1.29, 1.82) is 0 Å². The molecule has 2 heterocycles. The van der Waals surface area contributed by atoms with Crippen LogP contribution in [0, 0.1) is 6.92 Å². The zero-order chi connectivity index (χ0) is 26.9. The van der Waals surface area contributed by atoms with E-state index in [0.29, 0.717) is 30.0 Å². The summed E-state index contributed by atoms with van der Waals surface area (Å²) in [4.78, 5) is 29.8. The fraction of sp³-hybridized carbons (Fsp3) is 0.321. The van der Waals surface area contributed by atoms with Crippen molar-refractivity contribution in [3.05, 3.63) is 70.1 Å². The number of amides is 2. The van der Waals surface area contributed by atoms with Crippen molar-refractivity contribution >= 4 is 33.6 Å². The molecule has 37 heavy (non-hydrogen) atoms. The number of carbonyl (C=O) groups excluding carboxylic acids is 2. The van der Waals surface area contributed by atoms with E-state index in [9.17, 15) is 9.59 Å². The molecular formula is C28H31BrN4O4. The predicted molar refractivity (Wildman–Crippen MR) is 147 cm³/mol. The smallest absolute Gasteiger partial charge is 0.412 e. The summed E-state index contributed by atoms with van der Waals surface area (Å²) < 4.78 is 13.7. The fourth-order valence-electron chi connectivity index (χ4n) is 4.56. The van der Waals surface area contributed by atoms with E-state index in [0.717, 1.165) is 44.5 Å². The number of imidazole rings is 1. The number of nitrogens with zero attached hydrogens (tertiary/aromatic N) is 2. The third-order valence-corrected chi connectivity index (χ3v) is 6.77. The van der Waals surface area contributed by atoms with Crippen molar-refractivity contribution in [2.24, 2.45) is 5.73 Å². The number of aromatic nitrogens is 2. The van der Waals surface area contributed by atoms with Crippen LogP contribution in [-0.4, -0.2) is 27.2 Å². The molecule has 0 fully saturated rings. The highest BCUT2D eigenvalue weighted by Crippen LogP contribution is 2.48. The van der Waals surface area contributed by atoms with Crippen molar-refractivity contribution in [1.82, 2.24) is 9.55 Å². The van der Waals surface area contributed by atoms with Crippen LogP contribution in [0.1, 0.15) is 61.7 Å². The van der Waals surface area contributed by atoms with Gasteiger partial charge in [-0.05, 0) is 73.3 Å². The van der Waals surface area contributed by atoms with Gasteiger partial charge in [0.1, 0.15) is 17.1 Å². The number of hydrogen-bond donors (Lipinski definition) is 2. The molecule has 8 nitrogen and oxygen atoms in total. The minimum Gasteiger partial charge on any atom is -0.472 e. The number of halogens is 1. The lowest BCUT2D eigenvalue weighted by molar-refractivity contribution is 0.0635. The Labute approximate surface area is 224 Å². The number of nitrogens with two attached hydrogens (primary N) is 1. The van der Waals surface area contributed by atoms with Crippen LogP contribution in [0.15, 0.2) is 51.7 Å². The molecule has 1 aromatic heterocycles. The molecule has 0 atom stereocenters. The van der Waals surface area contributed by atoms with Gasteiger partial charge in [-0.25, -0.2) is 9.78 Å². The Hall–Kier alpha value is -3.59. The number of para-hydroxylation sites is 1. The molecule has 1 aliphatic carbocycles. The summed E-state index contributed by atoms with van der Waals surface area (Å²) in [6, 6.07) is 9.43. The largest absolute Gasteiger partial charge is 0.472 e. The lowest BCUT2D eigenvalue weighted by atomic mass is 10.0. The van der Waals surface area contributed by atoms with Crippen molar-refractivity contribution in [2.75, 3.05) is 5.32 Å². The summed E-state index contributed by atoms with van der Waals surface area (Å²) in [5, 5.41) is 2.89. The predicted octanol–water partition coefficient (Wildman–Crippen LogP) is 6.77. The summed E-state index contributed by atoms with van der Waals surface area (Å²) >= 11 is 3.78. The van der Waals surface area contributed by atoms with Crippen LogP contribution < -0.4 is 11.1 Å². The number of ether oxygens (including phenoxy) is 1. The van der Waals surface area contributed by atoms with E-state index in [4.69, 9.17) is 14.9 Å². The second-order valence-electron chi connectivity index (χ2n) is 9.89. The molecule has 0 unspecified atom stereocenters. The molecule has 0 spiro atoms. The number of benzene rings is 1. The first-order valence-electron chi connectivity index (χ1n) is 12.1. The van der Waals surface area contributed by atoms with Gasteiger partial charge >= 0.3 is 6.09 Å². The Kier molecular flexibility index (Phi) is 7.45. The number of fused-ring (bicyclic) bond motifs is 1. The molecule has 194 valence electrons. The van der Waals surface area contributed by atoms with Gasteiger partial charge in [-0.1, -0.05) is 25.1 Å². The minimum atomic E-state index is -0.638. The van der Waals surface area contributed by atoms with Crippen LogP contribution >= 0.6 is 15.9 Å². The maximum Gasteiger partial charge on any atom is 0.412 e. The van der Waals surface area contributed by atoms with Gasteiger partial charge in [0.15, 0.2) is 0 Å². The molecule has 1 aromatic carbocycles. The Morgan fingerprint density at radius 1 is 1.16 bits per heavy atom. The molecule has 0 bridgehead atoms. The van der Waals surface area contributed by atoms with Crippen molar-refractivity contribution in [3.8, 4) is 22.3 Å².